The first kappa shape index (κ1) is 9.84. The van der Waals surface area contributed by atoms with Crippen LogP contribution in [0.2, 0.25) is 0 Å². The number of benzene rings is 1. The van der Waals surface area contributed by atoms with Crippen molar-refractivity contribution in [2.45, 2.75) is 6.42 Å². The van der Waals surface area contributed by atoms with Gasteiger partial charge in [-0.15, -0.1) is 0 Å². The summed E-state index contributed by atoms with van der Waals surface area (Å²) in [6.07, 6.45) is 1.17. The molecule has 76 valence electrons. The van der Waals surface area contributed by atoms with Crippen LogP contribution in [0.3, 0.4) is 0 Å². The van der Waals surface area contributed by atoms with Crippen LogP contribution >= 0.6 is 15.9 Å². The fraction of sp³-hybridized carbons (Fsp3) is 0.455. The lowest BCUT2D eigenvalue weighted by Crippen LogP contribution is -2.33. The van der Waals surface area contributed by atoms with Crippen molar-refractivity contribution in [2.75, 3.05) is 29.9 Å². The van der Waals surface area contributed by atoms with E-state index in [1.807, 2.05) is 12.1 Å². The number of halogens is 1. The Morgan fingerprint density at radius 3 is 3.07 bits per heavy atom. The molecule has 2 rings (SSSR count). The normalized spacial score (nSPS) is 14.8. The van der Waals surface area contributed by atoms with Crippen molar-refractivity contribution in [1.82, 2.24) is 0 Å². The predicted octanol–water partition coefficient (Wildman–Crippen LogP) is 2.67. The van der Waals surface area contributed by atoms with Crippen LogP contribution in [0.15, 0.2) is 24.3 Å². The Kier molecular flexibility index (Phi) is 3.30. The third kappa shape index (κ3) is 2.03. The summed E-state index contributed by atoms with van der Waals surface area (Å²) in [7, 11) is 0. The van der Waals surface area contributed by atoms with Crippen molar-refractivity contribution in [3.63, 3.8) is 0 Å². The largest absolute Gasteiger partial charge is 0.490 e. The van der Waals surface area contributed by atoms with E-state index in [0.717, 1.165) is 30.8 Å². The van der Waals surface area contributed by atoms with Gasteiger partial charge in [0.05, 0.1) is 12.2 Å². The molecule has 2 nitrogen and oxygen atoms in total. The fourth-order valence-electron chi connectivity index (χ4n) is 1.71. The molecule has 0 unspecified atom stereocenters. The third-order valence-corrected chi connectivity index (χ3v) is 2.95. The van der Waals surface area contributed by atoms with Gasteiger partial charge < -0.3 is 9.64 Å². The summed E-state index contributed by atoms with van der Waals surface area (Å²) in [5, 5.41) is 1.06. The minimum Gasteiger partial charge on any atom is -0.490 e. The number of alkyl halides is 1. The van der Waals surface area contributed by atoms with E-state index in [-0.39, 0.29) is 0 Å². The van der Waals surface area contributed by atoms with Crippen LogP contribution in [-0.2, 0) is 0 Å². The molecule has 0 amide bonds. The molecule has 0 aliphatic carbocycles. The molecule has 14 heavy (non-hydrogen) atoms. The van der Waals surface area contributed by atoms with Crippen LogP contribution in [0.4, 0.5) is 5.69 Å². The second kappa shape index (κ2) is 4.69. The topological polar surface area (TPSA) is 12.5 Å². The Morgan fingerprint density at radius 1 is 1.36 bits per heavy atom. The average molecular weight is 256 g/mol. The quantitative estimate of drug-likeness (QED) is 0.771. The van der Waals surface area contributed by atoms with Gasteiger partial charge in [-0.25, -0.2) is 0 Å². The van der Waals surface area contributed by atoms with Crippen molar-refractivity contribution in [3.8, 4) is 5.75 Å². The van der Waals surface area contributed by atoms with Gasteiger partial charge in [0.25, 0.3) is 0 Å². The molecule has 1 aromatic carbocycles. The first-order chi connectivity index (χ1) is 6.92. The molecule has 0 saturated heterocycles. The van der Waals surface area contributed by atoms with Gasteiger partial charge in [-0.05, 0) is 18.6 Å². The molecule has 0 spiro atoms. The fourth-order valence-corrected chi connectivity index (χ4v) is 1.96. The first-order valence-corrected chi connectivity index (χ1v) is 6.06. The molecule has 0 fully saturated rings. The van der Waals surface area contributed by atoms with E-state index in [9.17, 15) is 0 Å². The second-order valence-corrected chi connectivity index (χ2v) is 4.14. The van der Waals surface area contributed by atoms with Gasteiger partial charge in [0.2, 0.25) is 0 Å². The Bertz CT molecular complexity index is 303. The Balaban J connectivity index is 2.14. The van der Waals surface area contributed by atoms with E-state index < -0.39 is 0 Å². The summed E-state index contributed by atoms with van der Waals surface area (Å²) in [4.78, 5) is 2.39. The van der Waals surface area contributed by atoms with Crippen molar-refractivity contribution in [2.24, 2.45) is 0 Å². The van der Waals surface area contributed by atoms with E-state index in [1.165, 1.54) is 12.1 Å². The Hall–Kier alpha value is -0.700. The van der Waals surface area contributed by atoms with Crippen molar-refractivity contribution >= 4 is 21.6 Å². The lowest BCUT2D eigenvalue weighted by Gasteiger charge is -2.30. The lowest BCUT2D eigenvalue weighted by molar-refractivity contribution is 0.307. The number of rotatable bonds is 3. The van der Waals surface area contributed by atoms with E-state index in [0.29, 0.717) is 0 Å². The molecule has 1 aliphatic rings. The van der Waals surface area contributed by atoms with E-state index in [2.05, 4.69) is 33.0 Å². The average Bonchev–Trinajstić information content (AvgIpc) is 2.26. The Labute approximate surface area is 93.0 Å². The molecule has 0 saturated carbocycles. The highest BCUT2D eigenvalue weighted by molar-refractivity contribution is 9.09. The highest BCUT2D eigenvalue weighted by Gasteiger charge is 2.15. The van der Waals surface area contributed by atoms with Crippen LogP contribution in [0.5, 0.6) is 5.75 Å². The summed E-state index contributed by atoms with van der Waals surface area (Å²) in [6, 6.07) is 8.25. The van der Waals surface area contributed by atoms with Crippen LogP contribution in [0.25, 0.3) is 0 Å². The van der Waals surface area contributed by atoms with Gasteiger partial charge in [0.1, 0.15) is 12.4 Å². The van der Waals surface area contributed by atoms with Gasteiger partial charge in [0, 0.05) is 11.9 Å². The van der Waals surface area contributed by atoms with Gasteiger partial charge in [-0.2, -0.15) is 0 Å². The molecule has 0 atom stereocenters. The molecule has 3 heteroatoms. The zero-order valence-corrected chi connectivity index (χ0v) is 9.66. The van der Waals surface area contributed by atoms with Gasteiger partial charge in [-0.3, -0.25) is 0 Å². The number of hydrogen-bond acceptors (Lipinski definition) is 2. The van der Waals surface area contributed by atoms with Crippen molar-refractivity contribution in [3.05, 3.63) is 24.3 Å². The maximum Gasteiger partial charge on any atom is 0.142 e. The van der Waals surface area contributed by atoms with Crippen LogP contribution in [0.1, 0.15) is 6.42 Å². The van der Waals surface area contributed by atoms with Crippen LogP contribution < -0.4 is 9.64 Å². The molecule has 1 aliphatic heterocycles. The molecular weight excluding hydrogens is 242 g/mol. The minimum absolute atomic E-state index is 0.805. The smallest absolute Gasteiger partial charge is 0.142 e. The molecular formula is C11H14BrNO. The lowest BCUT2D eigenvalue weighted by atomic mass is 10.2. The molecule has 0 bridgehead atoms. The molecule has 1 heterocycles. The molecule has 0 aromatic heterocycles. The SMILES string of the molecule is BrCCCN1CCOc2ccccc21. The number of nitrogens with zero attached hydrogens (tertiary/aromatic N) is 1. The zero-order valence-electron chi connectivity index (χ0n) is 8.08. The number of para-hydroxylation sites is 2. The highest BCUT2D eigenvalue weighted by atomic mass is 79.9. The zero-order chi connectivity index (χ0) is 9.80. The monoisotopic (exact) mass is 255 g/mol. The van der Waals surface area contributed by atoms with Crippen LogP contribution in [-0.4, -0.2) is 25.0 Å². The number of anilines is 1. The molecule has 0 radical (unpaired) electrons. The maximum absolute atomic E-state index is 5.58. The van der Waals surface area contributed by atoms with E-state index in [4.69, 9.17) is 4.74 Å². The maximum atomic E-state index is 5.58. The number of ether oxygens (including phenoxy) is 1. The molecule has 1 aromatic rings. The van der Waals surface area contributed by atoms with Gasteiger partial charge in [-0.1, -0.05) is 28.1 Å². The van der Waals surface area contributed by atoms with Gasteiger partial charge in [0.15, 0.2) is 0 Å². The number of fused-ring (bicyclic) bond motifs is 1. The summed E-state index contributed by atoms with van der Waals surface area (Å²) in [5.41, 5.74) is 1.24. The first-order valence-electron chi connectivity index (χ1n) is 4.94. The highest BCUT2D eigenvalue weighted by Crippen LogP contribution is 2.30. The van der Waals surface area contributed by atoms with E-state index in [1.54, 1.807) is 0 Å². The summed E-state index contributed by atoms with van der Waals surface area (Å²) >= 11 is 3.46. The minimum atomic E-state index is 0.805. The number of hydrogen-bond donors (Lipinski definition) is 0. The summed E-state index contributed by atoms with van der Waals surface area (Å²) in [6.45, 7) is 2.91. The molecule has 0 N–H and O–H groups in total. The third-order valence-electron chi connectivity index (χ3n) is 2.39. The van der Waals surface area contributed by atoms with E-state index >= 15 is 0 Å². The van der Waals surface area contributed by atoms with Crippen LogP contribution in [0, 0.1) is 0 Å². The van der Waals surface area contributed by atoms with Crippen molar-refractivity contribution in [1.29, 1.82) is 0 Å². The Morgan fingerprint density at radius 2 is 2.21 bits per heavy atom. The second-order valence-electron chi connectivity index (χ2n) is 3.35. The standard InChI is InChI=1S/C11H14BrNO/c12-6-3-7-13-8-9-14-11-5-2-1-4-10(11)13/h1-2,4-5H,3,6-9H2. The predicted molar refractivity (Wildman–Crippen MR) is 62.6 cm³/mol. The summed E-state index contributed by atoms with van der Waals surface area (Å²) in [5.74, 6) is 1.02. The summed E-state index contributed by atoms with van der Waals surface area (Å²) < 4.78 is 5.58. The van der Waals surface area contributed by atoms with Gasteiger partial charge >= 0.3 is 0 Å². The van der Waals surface area contributed by atoms with Crippen molar-refractivity contribution < 1.29 is 4.74 Å².